The highest BCUT2D eigenvalue weighted by Crippen LogP contribution is 2.37. The summed E-state index contributed by atoms with van der Waals surface area (Å²) < 4.78 is 46.3. The van der Waals surface area contributed by atoms with Gasteiger partial charge in [-0.1, -0.05) is 0 Å². The molecule has 0 saturated heterocycles. The smallest absolute Gasteiger partial charge is 0.446 e. The Morgan fingerprint density at radius 2 is 1.68 bits per heavy atom. The van der Waals surface area contributed by atoms with Crippen molar-refractivity contribution in [1.29, 1.82) is 0 Å². The summed E-state index contributed by atoms with van der Waals surface area (Å²) in [6.45, 7) is 3.02. The molecule has 1 aromatic carbocycles. The maximum atomic E-state index is 12.1. The molecule has 0 heterocycles. The van der Waals surface area contributed by atoms with E-state index < -0.39 is 17.1 Å². The van der Waals surface area contributed by atoms with E-state index in [1.807, 2.05) is 0 Å². The van der Waals surface area contributed by atoms with Crippen molar-refractivity contribution < 1.29 is 27.4 Å². The van der Waals surface area contributed by atoms with Crippen LogP contribution in [0.25, 0.3) is 0 Å². The summed E-state index contributed by atoms with van der Waals surface area (Å²) in [4.78, 5) is 11.4. The van der Waals surface area contributed by atoms with Gasteiger partial charge in [-0.3, -0.25) is 0 Å². The predicted octanol–water partition coefficient (Wildman–Crippen LogP) is 3.63. The topological polar surface area (TPSA) is 35.5 Å². The molecule has 0 radical (unpaired) electrons. The largest absolute Gasteiger partial charge is 0.476 e. The van der Waals surface area contributed by atoms with Crippen LogP contribution in [0, 0.1) is 0 Å². The first-order chi connectivity index (χ1) is 8.64. The maximum Gasteiger partial charge on any atom is 0.446 e. The first kappa shape index (κ1) is 15.7. The van der Waals surface area contributed by atoms with Crippen LogP contribution in [-0.2, 0) is 9.53 Å². The summed E-state index contributed by atoms with van der Waals surface area (Å²) in [6, 6.07) is 5.30. The van der Waals surface area contributed by atoms with Gasteiger partial charge >= 0.3 is 11.5 Å². The predicted molar refractivity (Wildman–Crippen MR) is 65.1 cm³/mol. The van der Waals surface area contributed by atoms with Crippen molar-refractivity contribution in [2.45, 2.75) is 29.9 Å². The summed E-state index contributed by atoms with van der Waals surface area (Å²) in [5, 5.41) is 0. The standard InChI is InChI=1S/C12H13F3O3S/c1-11(2,10(16)17-3)18-8-4-6-9(7-5-8)19-12(13,14)15/h4-7H,1-3H3. The van der Waals surface area contributed by atoms with Crippen molar-refractivity contribution in [3.05, 3.63) is 24.3 Å². The Morgan fingerprint density at radius 1 is 1.16 bits per heavy atom. The molecule has 1 aromatic rings. The van der Waals surface area contributed by atoms with Crippen molar-refractivity contribution in [2.75, 3.05) is 7.11 Å². The highest BCUT2D eigenvalue weighted by Gasteiger charge is 2.31. The molecule has 7 heteroatoms. The minimum atomic E-state index is -4.33. The van der Waals surface area contributed by atoms with Crippen LogP contribution in [0.5, 0.6) is 5.75 Å². The molecule has 0 spiro atoms. The van der Waals surface area contributed by atoms with Crippen LogP contribution in [-0.4, -0.2) is 24.2 Å². The van der Waals surface area contributed by atoms with Crippen molar-refractivity contribution >= 4 is 17.7 Å². The Morgan fingerprint density at radius 3 is 2.11 bits per heavy atom. The molecular formula is C12H13F3O3S. The molecule has 0 fully saturated rings. The molecule has 3 nitrogen and oxygen atoms in total. The van der Waals surface area contributed by atoms with E-state index in [9.17, 15) is 18.0 Å². The van der Waals surface area contributed by atoms with Gasteiger partial charge in [0.25, 0.3) is 0 Å². The summed E-state index contributed by atoms with van der Waals surface area (Å²) in [7, 11) is 1.23. The van der Waals surface area contributed by atoms with E-state index in [0.717, 1.165) is 0 Å². The molecule has 0 bridgehead atoms. The number of rotatable bonds is 4. The number of ether oxygens (including phenoxy) is 2. The van der Waals surface area contributed by atoms with Gasteiger partial charge in [-0.15, -0.1) is 0 Å². The number of carbonyl (C=O) groups is 1. The average Bonchev–Trinajstić information content (AvgIpc) is 2.28. The fraction of sp³-hybridized carbons (Fsp3) is 0.417. The zero-order valence-electron chi connectivity index (χ0n) is 10.6. The van der Waals surface area contributed by atoms with Gasteiger partial charge in [-0.2, -0.15) is 13.2 Å². The minimum Gasteiger partial charge on any atom is -0.476 e. The lowest BCUT2D eigenvalue weighted by molar-refractivity contribution is -0.156. The van der Waals surface area contributed by atoms with Crippen LogP contribution >= 0.6 is 11.8 Å². The van der Waals surface area contributed by atoms with Crippen LogP contribution in [0.1, 0.15) is 13.8 Å². The number of esters is 1. The zero-order valence-corrected chi connectivity index (χ0v) is 11.4. The van der Waals surface area contributed by atoms with Gasteiger partial charge in [-0.25, -0.2) is 4.79 Å². The third-order valence-corrected chi connectivity index (χ3v) is 2.85. The van der Waals surface area contributed by atoms with Crippen LogP contribution in [0.15, 0.2) is 29.2 Å². The fourth-order valence-corrected chi connectivity index (χ4v) is 1.83. The van der Waals surface area contributed by atoms with Crippen molar-refractivity contribution in [2.24, 2.45) is 0 Å². The van der Waals surface area contributed by atoms with Gasteiger partial charge in [-0.05, 0) is 49.9 Å². The van der Waals surface area contributed by atoms with Crippen LogP contribution in [0.4, 0.5) is 13.2 Å². The van der Waals surface area contributed by atoms with Crippen molar-refractivity contribution in [3.63, 3.8) is 0 Å². The number of halogens is 3. The van der Waals surface area contributed by atoms with E-state index in [1.165, 1.54) is 45.2 Å². The Bertz CT molecular complexity index is 441. The Labute approximate surface area is 113 Å². The van der Waals surface area contributed by atoms with Crippen LogP contribution in [0.3, 0.4) is 0 Å². The Balaban J connectivity index is 2.75. The summed E-state index contributed by atoms with van der Waals surface area (Å²) >= 11 is -0.209. The molecule has 106 valence electrons. The average molecular weight is 294 g/mol. The van der Waals surface area contributed by atoms with Crippen molar-refractivity contribution in [1.82, 2.24) is 0 Å². The van der Waals surface area contributed by atoms with Gasteiger partial charge < -0.3 is 9.47 Å². The van der Waals surface area contributed by atoms with Gasteiger partial charge in [0, 0.05) is 4.90 Å². The number of thioether (sulfide) groups is 1. The monoisotopic (exact) mass is 294 g/mol. The second-order valence-corrected chi connectivity index (χ2v) is 5.26. The Kier molecular flexibility index (Phi) is 4.73. The first-order valence-corrected chi connectivity index (χ1v) is 6.09. The van der Waals surface area contributed by atoms with E-state index in [4.69, 9.17) is 4.74 Å². The lowest BCUT2D eigenvalue weighted by Gasteiger charge is -2.23. The molecule has 0 unspecified atom stereocenters. The van der Waals surface area contributed by atoms with Gasteiger partial charge in [0.2, 0.25) is 0 Å². The number of hydrogen-bond acceptors (Lipinski definition) is 4. The molecule has 0 aliphatic rings. The number of carbonyl (C=O) groups excluding carboxylic acids is 1. The fourth-order valence-electron chi connectivity index (χ4n) is 1.29. The summed E-state index contributed by atoms with van der Waals surface area (Å²) in [6.07, 6.45) is 0. The molecule has 19 heavy (non-hydrogen) atoms. The molecule has 0 aromatic heterocycles. The third-order valence-electron chi connectivity index (χ3n) is 2.11. The quantitative estimate of drug-likeness (QED) is 0.627. The second kappa shape index (κ2) is 5.73. The number of benzene rings is 1. The number of alkyl halides is 3. The molecule has 0 saturated carbocycles. The molecule has 0 N–H and O–H groups in total. The number of methoxy groups -OCH3 is 1. The molecule has 0 aliphatic carbocycles. The van der Waals surface area contributed by atoms with Crippen LogP contribution in [0.2, 0.25) is 0 Å². The highest BCUT2D eigenvalue weighted by atomic mass is 32.2. The lowest BCUT2D eigenvalue weighted by atomic mass is 10.1. The van der Waals surface area contributed by atoms with E-state index >= 15 is 0 Å². The van der Waals surface area contributed by atoms with E-state index in [1.54, 1.807) is 0 Å². The zero-order chi connectivity index (χ0) is 14.7. The molecule has 0 atom stereocenters. The molecule has 0 aliphatic heterocycles. The maximum absolute atomic E-state index is 12.1. The molecular weight excluding hydrogens is 281 g/mol. The Hall–Kier alpha value is -1.37. The van der Waals surface area contributed by atoms with Crippen LogP contribution < -0.4 is 4.74 Å². The van der Waals surface area contributed by atoms with Gasteiger partial charge in [0.1, 0.15) is 5.75 Å². The minimum absolute atomic E-state index is 0.0516. The third kappa shape index (κ3) is 5.02. The summed E-state index contributed by atoms with van der Waals surface area (Å²) in [5.41, 5.74) is -5.53. The van der Waals surface area contributed by atoms with E-state index in [2.05, 4.69) is 4.74 Å². The highest BCUT2D eigenvalue weighted by molar-refractivity contribution is 8.00. The van der Waals surface area contributed by atoms with Gasteiger partial charge in [0.05, 0.1) is 7.11 Å². The molecule has 0 amide bonds. The first-order valence-electron chi connectivity index (χ1n) is 5.27. The lowest BCUT2D eigenvalue weighted by Crippen LogP contribution is -2.39. The second-order valence-electron chi connectivity index (χ2n) is 4.12. The normalized spacial score (nSPS) is 12.1. The summed E-state index contributed by atoms with van der Waals surface area (Å²) in [5.74, 6) is -0.275. The number of hydrogen-bond donors (Lipinski definition) is 0. The SMILES string of the molecule is COC(=O)C(C)(C)Oc1ccc(SC(F)(F)F)cc1. The van der Waals surface area contributed by atoms with Gasteiger partial charge in [0.15, 0.2) is 5.60 Å². The van der Waals surface area contributed by atoms with Crippen molar-refractivity contribution in [3.8, 4) is 5.75 Å². The van der Waals surface area contributed by atoms with E-state index in [-0.39, 0.29) is 16.7 Å². The molecule has 1 rings (SSSR count). The van der Waals surface area contributed by atoms with E-state index in [0.29, 0.717) is 5.75 Å².